The molecular weight excluding hydrogens is 248 g/mol. The Labute approximate surface area is 117 Å². The standard InChI is InChI=1S/C16H16N4/c1-11-6-5-7-12(10-11)15-14(16(17)20(2)19-15)13-8-3-4-9-18-13/h3-10H,17H2,1-2H3. The smallest absolute Gasteiger partial charge is 0.131 e. The average molecular weight is 264 g/mol. The molecule has 0 fully saturated rings. The van der Waals surface area contributed by atoms with Crippen molar-refractivity contribution >= 4 is 5.82 Å². The van der Waals surface area contributed by atoms with Gasteiger partial charge >= 0.3 is 0 Å². The zero-order valence-electron chi connectivity index (χ0n) is 11.5. The van der Waals surface area contributed by atoms with Gasteiger partial charge in [-0.05, 0) is 25.1 Å². The van der Waals surface area contributed by atoms with Crippen LogP contribution >= 0.6 is 0 Å². The number of pyridine rings is 1. The number of hydrogen-bond donors (Lipinski definition) is 1. The van der Waals surface area contributed by atoms with Crippen LogP contribution < -0.4 is 5.73 Å². The van der Waals surface area contributed by atoms with Crippen LogP contribution in [0.2, 0.25) is 0 Å². The lowest BCUT2D eigenvalue weighted by Gasteiger charge is -2.04. The SMILES string of the molecule is Cc1cccc(-c2nn(C)c(N)c2-c2ccccn2)c1. The maximum absolute atomic E-state index is 6.17. The van der Waals surface area contributed by atoms with Gasteiger partial charge < -0.3 is 5.73 Å². The molecule has 0 unspecified atom stereocenters. The molecule has 2 N–H and O–H groups in total. The van der Waals surface area contributed by atoms with E-state index in [0.717, 1.165) is 22.5 Å². The van der Waals surface area contributed by atoms with Crippen LogP contribution in [0.15, 0.2) is 48.7 Å². The molecule has 3 aromatic rings. The Morgan fingerprint density at radius 3 is 2.65 bits per heavy atom. The van der Waals surface area contributed by atoms with Crippen molar-refractivity contribution in [2.45, 2.75) is 6.92 Å². The zero-order valence-corrected chi connectivity index (χ0v) is 11.5. The summed E-state index contributed by atoms with van der Waals surface area (Å²) in [5.74, 6) is 0.625. The summed E-state index contributed by atoms with van der Waals surface area (Å²) in [6.07, 6.45) is 1.77. The van der Waals surface area contributed by atoms with E-state index in [1.54, 1.807) is 10.9 Å². The van der Waals surface area contributed by atoms with Gasteiger partial charge in [0.1, 0.15) is 11.5 Å². The van der Waals surface area contributed by atoms with E-state index in [1.807, 2.05) is 37.4 Å². The molecule has 4 nitrogen and oxygen atoms in total. The van der Waals surface area contributed by atoms with E-state index in [2.05, 4.69) is 29.1 Å². The first-order valence-electron chi connectivity index (χ1n) is 6.47. The van der Waals surface area contributed by atoms with Crippen molar-refractivity contribution in [2.75, 3.05) is 5.73 Å². The molecule has 0 saturated heterocycles. The largest absolute Gasteiger partial charge is 0.383 e. The first-order valence-corrected chi connectivity index (χ1v) is 6.47. The van der Waals surface area contributed by atoms with Gasteiger partial charge in [-0.3, -0.25) is 9.67 Å². The number of nitrogens with zero attached hydrogens (tertiary/aromatic N) is 3. The molecule has 3 rings (SSSR count). The topological polar surface area (TPSA) is 56.7 Å². The van der Waals surface area contributed by atoms with Gasteiger partial charge in [-0.2, -0.15) is 5.10 Å². The van der Waals surface area contributed by atoms with E-state index in [1.165, 1.54) is 5.56 Å². The molecule has 2 heterocycles. The van der Waals surface area contributed by atoms with Crippen LogP contribution in [-0.4, -0.2) is 14.8 Å². The van der Waals surface area contributed by atoms with Crippen LogP contribution in [0.1, 0.15) is 5.56 Å². The van der Waals surface area contributed by atoms with Crippen molar-refractivity contribution in [2.24, 2.45) is 7.05 Å². The summed E-state index contributed by atoms with van der Waals surface area (Å²) in [5, 5.41) is 4.55. The molecule has 0 spiro atoms. The molecule has 0 radical (unpaired) electrons. The minimum absolute atomic E-state index is 0.625. The first-order chi connectivity index (χ1) is 9.66. The number of nitrogens with two attached hydrogens (primary N) is 1. The predicted octanol–water partition coefficient (Wildman–Crippen LogP) is 3.04. The maximum atomic E-state index is 6.17. The van der Waals surface area contributed by atoms with E-state index in [0.29, 0.717) is 5.82 Å². The van der Waals surface area contributed by atoms with Crippen molar-refractivity contribution in [3.05, 3.63) is 54.2 Å². The second-order valence-corrected chi connectivity index (χ2v) is 4.82. The average Bonchev–Trinajstić information content (AvgIpc) is 2.76. The maximum Gasteiger partial charge on any atom is 0.131 e. The number of rotatable bonds is 2. The van der Waals surface area contributed by atoms with E-state index >= 15 is 0 Å². The highest BCUT2D eigenvalue weighted by Crippen LogP contribution is 2.34. The summed E-state index contributed by atoms with van der Waals surface area (Å²) in [7, 11) is 1.85. The van der Waals surface area contributed by atoms with Gasteiger partial charge in [0.25, 0.3) is 0 Å². The van der Waals surface area contributed by atoms with Gasteiger partial charge in [0.2, 0.25) is 0 Å². The molecule has 0 bridgehead atoms. The number of benzene rings is 1. The van der Waals surface area contributed by atoms with Gasteiger partial charge in [0.05, 0.1) is 11.3 Å². The van der Waals surface area contributed by atoms with Crippen molar-refractivity contribution in [3.63, 3.8) is 0 Å². The Balaban J connectivity index is 2.25. The number of nitrogen functional groups attached to an aromatic ring is 1. The quantitative estimate of drug-likeness (QED) is 0.774. The Kier molecular flexibility index (Phi) is 2.99. The van der Waals surface area contributed by atoms with Crippen LogP contribution in [0.3, 0.4) is 0 Å². The van der Waals surface area contributed by atoms with Gasteiger partial charge in [-0.25, -0.2) is 0 Å². The fraction of sp³-hybridized carbons (Fsp3) is 0.125. The third-order valence-electron chi connectivity index (χ3n) is 3.30. The Morgan fingerprint density at radius 1 is 1.10 bits per heavy atom. The number of aromatic nitrogens is 3. The highest BCUT2D eigenvalue weighted by molar-refractivity contribution is 5.86. The third kappa shape index (κ3) is 2.05. The van der Waals surface area contributed by atoms with Crippen LogP contribution in [0.25, 0.3) is 22.5 Å². The van der Waals surface area contributed by atoms with Gasteiger partial charge in [-0.15, -0.1) is 0 Å². The van der Waals surface area contributed by atoms with Crippen molar-refractivity contribution in [1.29, 1.82) is 0 Å². The highest BCUT2D eigenvalue weighted by atomic mass is 15.3. The van der Waals surface area contributed by atoms with Gasteiger partial charge in [0, 0.05) is 18.8 Å². The fourth-order valence-electron chi connectivity index (χ4n) is 2.29. The van der Waals surface area contributed by atoms with Crippen molar-refractivity contribution < 1.29 is 0 Å². The zero-order chi connectivity index (χ0) is 14.1. The van der Waals surface area contributed by atoms with E-state index in [9.17, 15) is 0 Å². The molecule has 4 heteroatoms. The van der Waals surface area contributed by atoms with E-state index < -0.39 is 0 Å². The van der Waals surface area contributed by atoms with Crippen molar-refractivity contribution in [3.8, 4) is 22.5 Å². The summed E-state index contributed by atoms with van der Waals surface area (Å²) in [6, 6.07) is 14.0. The number of aryl methyl sites for hydroxylation is 2. The van der Waals surface area contributed by atoms with Gasteiger partial charge in [0.15, 0.2) is 0 Å². The minimum Gasteiger partial charge on any atom is -0.383 e. The lowest BCUT2D eigenvalue weighted by molar-refractivity contribution is 0.782. The normalized spacial score (nSPS) is 10.7. The summed E-state index contributed by atoms with van der Waals surface area (Å²) >= 11 is 0. The predicted molar refractivity (Wildman–Crippen MR) is 81.0 cm³/mol. The van der Waals surface area contributed by atoms with E-state index in [4.69, 9.17) is 5.73 Å². The van der Waals surface area contributed by atoms with Crippen LogP contribution in [0, 0.1) is 6.92 Å². The first kappa shape index (κ1) is 12.4. The number of hydrogen-bond acceptors (Lipinski definition) is 3. The second kappa shape index (κ2) is 4.81. The molecule has 0 aliphatic carbocycles. The summed E-state index contributed by atoms with van der Waals surface area (Å²) < 4.78 is 1.70. The summed E-state index contributed by atoms with van der Waals surface area (Å²) in [4.78, 5) is 4.40. The molecule has 0 aliphatic rings. The number of anilines is 1. The van der Waals surface area contributed by atoms with Crippen molar-refractivity contribution in [1.82, 2.24) is 14.8 Å². The molecule has 1 aromatic carbocycles. The lowest BCUT2D eigenvalue weighted by Crippen LogP contribution is -1.98. The Bertz CT molecular complexity index is 744. The molecular formula is C16H16N4. The molecule has 0 aliphatic heterocycles. The molecule has 20 heavy (non-hydrogen) atoms. The monoisotopic (exact) mass is 264 g/mol. The molecule has 100 valence electrons. The highest BCUT2D eigenvalue weighted by Gasteiger charge is 2.18. The summed E-state index contributed by atoms with van der Waals surface area (Å²) in [5.41, 5.74) is 11.0. The molecule has 0 atom stereocenters. The second-order valence-electron chi connectivity index (χ2n) is 4.82. The fourth-order valence-corrected chi connectivity index (χ4v) is 2.29. The lowest BCUT2D eigenvalue weighted by atomic mass is 10.0. The van der Waals surface area contributed by atoms with E-state index in [-0.39, 0.29) is 0 Å². The van der Waals surface area contributed by atoms with Crippen LogP contribution in [0.4, 0.5) is 5.82 Å². The van der Waals surface area contributed by atoms with Crippen LogP contribution in [0.5, 0.6) is 0 Å². The van der Waals surface area contributed by atoms with Crippen LogP contribution in [-0.2, 0) is 7.05 Å². The minimum atomic E-state index is 0.625. The van der Waals surface area contributed by atoms with Gasteiger partial charge in [-0.1, -0.05) is 29.8 Å². The molecule has 2 aromatic heterocycles. The third-order valence-corrected chi connectivity index (χ3v) is 3.30. The molecule has 0 amide bonds. The summed E-state index contributed by atoms with van der Waals surface area (Å²) in [6.45, 7) is 2.07. The Morgan fingerprint density at radius 2 is 1.95 bits per heavy atom. The Hall–Kier alpha value is -2.62. The molecule has 0 saturated carbocycles.